The molecule has 0 aliphatic rings. The quantitative estimate of drug-likeness (QED) is 0.794. The Balaban J connectivity index is 2.31. The molecule has 152 valence electrons. The van der Waals surface area contributed by atoms with E-state index in [1.54, 1.807) is 0 Å². The van der Waals surface area contributed by atoms with E-state index in [9.17, 15) is 17.6 Å². The predicted molar refractivity (Wildman–Crippen MR) is 110 cm³/mol. The van der Waals surface area contributed by atoms with Gasteiger partial charge in [0.15, 0.2) is 0 Å². The molecule has 0 heterocycles. The summed E-state index contributed by atoms with van der Waals surface area (Å²) in [6.07, 6.45) is 0.958. The normalized spacial score (nSPS) is 13.7. The van der Waals surface area contributed by atoms with E-state index in [0.717, 1.165) is 32.8 Å². The maximum Gasteiger partial charge on any atom is 0.244 e. The molecule has 0 fully saturated rings. The second-order valence-electron chi connectivity index (χ2n) is 7.21. The van der Waals surface area contributed by atoms with Crippen LogP contribution in [0.4, 0.5) is 10.1 Å². The summed E-state index contributed by atoms with van der Waals surface area (Å²) in [5, 5.41) is 2.86. The van der Waals surface area contributed by atoms with E-state index in [1.165, 1.54) is 31.2 Å². The van der Waals surface area contributed by atoms with Gasteiger partial charge in [0.1, 0.15) is 11.9 Å². The Hall–Kier alpha value is -2.41. The maximum atomic E-state index is 14.2. The highest BCUT2D eigenvalue weighted by atomic mass is 32.2. The summed E-state index contributed by atoms with van der Waals surface area (Å²) in [5.41, 5.74) is 4.12. The van der Waals surface area contributed by atoms with Crippen LogP contribution in [0, 0.1) is 26.6 Å². The molecule has 0 aromatic heterocycles. The fourth-order valence-corrected chi connectivity index (χ4v) is 4.45. The van der Waals surface area contributed by atoms with E-state index < -0.39 is 27.8 Å². The van der Waals surface area contributed by atoms with Crippen molar-refractivity contribution in [3.63, 3.8) is 0 Å². The van der Waals surface area contributed by atoms with Gasteiger partial charge in [-0.15, -0.1) is 0 Å². The van der Waals surface area contributed by atoms with Crippen LogP contribution in [0.3, 0.4) is 0 Å². The average molecular weight is 407 g/mol. The Bertz CT molecular complexity index is 989. The topological polar surface area (TPSA) is 66.5 Å². The van der Waals surface area contributed by atoms with Gasteiger partial charge in [-0.05, 0) is 69.0 Å². The smallest absolute Gasteiger partial charge is 0.244 e. The summed E-state index contributed by atoms with van der Waals surface area (Å²) >= 11 is 0. The molecule has 2 aromatic rings. The first-order valence-electron chi connectivity index (χ1n) is 9.05. The van der Waals surface area contributed by atoms with Crippen molar-refractivity contribution in [3.05, 3.63) is 64.5 Å². The van der Waals surface area contributed by atoms with Crippen LogP contribution in [-0.4, -0.2) is 26.6 Å². The molecule has 0 spiro atoms. The van der Waals surface area contributed by atoms with Crippen LogP contribution in [0.1, 0.15) is 42.1 Å². The number of nitrogens with one attached hydrogen (secondary N) is 1. The van der Waals surface area contributed by atoms with Gasteiger partial charge in [-0.25, -0.2) is 12.8 Å². The van der Waals surface area contributed by atoms with Gasteiger partial charge >= 0.3 is 0 Å². The molecule has 0 saturated heterocycles. The monoisotopic (exact) mass is 406 g/mol. The summed E-state index contributed by atoms with van der Waals surface area (Å²) in [7, 11) is -3.87. The first-order chi connectivity index (χ1) is 12.9. The van der Waals surface area contributed by atoms with E-state index in [4.69, 9.17) is 0 Å². The van der Waals surface area contributed by atoms with Crippen molar-refractivity contribution in [1.29, 1.82) is 0 Å². The lowest BCUT2D eigenvalue weighted by molar-refractivity contribution is -0.122. The fourth-order valence-electron chi connectivity index (χ4n) is 3.27. The number of sulfonamides is 1. The third-order valence-electron chi connectivity index (χ3n) is 4.89. The number of aryl methyl sites for hydroxylation is 3. The zero-order chi connectivity index (χ0) is 21.2. The second-order valence-corrected chi connectivity index (χ2v) is 9.07. The van der Waals surface area contributed by atoms with E-state index in [2.05, 4.69) is 11.4 Å². The zero-order valence-corrected chi connectivity index (χ0v) is 17.9. The number of benzene rings is 2. The number of anilines is 1. The van der Waals surface area contributed by atoms with Crippen LogP contribution in [0.2, 0.25) is 0 Å². The maximum absolute atomic E-state index is 14.2. The Kier molecular flexibility index (Phi) is 6.49. The highest BCUT2D eigenvalue weighted by molar-refractivity contribution is 7.92. The summed E-state index contributed by atoms with van der Waals surface area (Å²) in [6.45, 7) is 9.28. The number of amides is 1. The number of hydrogen-bond donors (Lipinski definition) is 1. The molecule has 5 nitrogen and oxygen atoms in total. The average Bonchev–Trinajstić information content (AvgIpc) is 2.58. The van der Waals surface area contributed by atoms with Gasteiger partial charge in [-0.2, -0.15) is 0 Å². The second kappa shape index (κ2) is 8.31. The molecular weight excluding hydrogens is 379 g/mol. The number of halogens is 1. The molecule has 28 heavy (non-hydrogen) atoms. The minimum atomic E-state index is -3.87. The van der Waals surface area contributed by atoms with E-state index in [-0.39, 0.29) is 11.7 Å². The SMILES string of the molecule is Cc1cc(C)c(C(C)NC(=O)C(C)N(c2ccccc2F)S(C)(=O)=O)cc1C. The Morgan fingerprint density at radius 2 is 1.61 bits per heavy atom. The van der Waals surface area contributed by atoms with Crippen molar-refractivity contribution in [2.24, 2.45) is 0 Å². The lowest BCUT2D eigenvalue weighted by Gasteiger charge is -2.29. The van der Waals surface area contributed by atoms with Crippen molar-refractivity contribution >= 4 is 21.6 Å². The Morgan fingerprint density at radius 3 is 2.18 bits per heavy atom. The van der Waals surface area contributed by atoms with Crippen molar-refractivity contribution in [3.8, 4) is 0 Å². The third kappa shape index (κ3) is 4.70. The van der Waals surface area contributed by atoms with Crippen LogP contribution in [0.25, 0.3) is 0 Å². The molecular formula is C21H27FN2O3S. The lowest BCUT2D eigenvalue weighted by Crippen LogP contribution is -2.48. The van der Waals surface area contributed by atoms with Crippen molar-refractivity contribution in [1.82, 2.24) is 5.32 Å². The van der Waals surface area contributed by atoms with E-state index >= 15 is 0 Å². The first-order valence-corrected chi connectivity index (χ1v) is 10.9. The molecule has 0 bridgehead atoms. The molecule has 0 saturated carbocycles. The molecule has 2 atom stereocenters. The summed E-state index contributed by atoms with van der Waals surface area (Å²) in [6, 6.07) is 8.15. The van der Waals surface area contributed by atoms with Gasteiger partial charge in [0.25, 0.3) is 0 Å². The van der Waals surface area contributed by atoms with Gasteiger partial charge in [-0.1, -0.05) is 24.3 Å². The summed E-state index contributed by atoms with van der Waals surface area (Å²) < 4.78 is 39.6. The molecule has 0 aliphatic carbocycles. The van der Waals surface area contributed by atoms with E-state index in [1.807, 2.05) is 33.8 Å². The highest BCUT2D eigenvalue weighted by Gasteiger charge is 2.31. The molecule has 0 aliphatic heterocycles. The largest absolute Gasteiger partial charge is 0.348 e. The van der Waals surface area contributed by atoms with Gasteiger partial charge in [-0.3, -0.25) is 9.10 Å². The van der Waals surface area contributed by atoms with Gasteiger partial charge in [0, 0.05) is 0 Å². The molecule has 1 N–H and O–H groups in total. The van der Waals surface area contributed by atoms with Crippen molar-refractivity contribution in [2.75, 3.05) is 10.6 Å². The fraction of sp³-hybridized carbons (Fsp3) is 0.381. The van der Waals surface area contributed by atoms with Gasteiger partial charge in [0.2, 0.25) is 15.9 Å². The number of carbonyl (C=O) groups is 1. The van der Waals surface area contributed by atoms with Crippen molar-refractivity contribution < 1.29 is 17.6 Å². The third-order valence-corrected chi connectivity index (χ3v) is 6.11. The molecule has 2 aromatic carbocycles. The standard InChI is InChI=1S/C21H27FN2O3S/c1-13-11-15(3)18(12-14(13)2)16(4)23-21(25)17(5)24(28(6,26)27)20-10-8-7-9-19(20)22/h7-12,16-17H,1-6H3,(H,23,25). The molecule has 0 radical (unpaired) electrons. The number of carbonyl (C=O) groups excluding carboxylic acids is 1. The van der Waals surface area contributed by atoms with E-state index in [0.29, 0.717) is 0 Å². The Labute approximate surface area is 166 Å². The molecule has 1 amide bonds. The molecule has 7 heteroatoms. The van der Waals surface area contributed by atoms with Crippen molar-refractivity contribution in [2.45, 2.75) is 46.7 Å². The van der Waals surface area contributed by atoms with Crippen LogP contribution >= 0.6 is 0 Å². The number of nitrogens with zero attached hydrogens (tertiary/aromatic N) is 1. The van der Waals surface area contributed by atoms with Gasteiger partial charge < -0.3 is 5.32 Å². The summed E-state index contributed by atoms with van der Waals surface area (Å²) in [5.74, 6) is -1.20. The first kappa shape index (κ1) is 21.9. The van der Waals surface area contributed by atoms with Gasteiger partial charge in [0.05, 0.1) is 18.0 Å². The van der Waals surface area contributed by atoms with Crippen LogP contribution in [0.15, 0.2) is 36.4 Å². The number of hydrogen-bond acceptors (Lipinski definition) is 3. The minimum absolute atomic E-state index is 0.150. The minimum Gasteiger partial charge on any atom is -0.348 e. The molecule has 2 unspecified atom stereocenters. The van der Waals surface area contributed by atoms with Crippen LogP contribution < -0.4 is 9.62 Å². The Morgan fingerprint density at radius 1 is 1.04 bits per heavy atom. The van der Waals surface area contributed by atoms with Crippen LogP contribution in [-0.2, 0) is 14.8 Å². The summed E-state index contributed by atoms with van der Waals surface area (Å²) in [4.78, 5) is 12.8. The number of rotatable bonds is 6. The molecule has 2 rings (SSSR count). The van der Waals surface area contributed by atoms with Crippen LogP contribution in [0.5, 0.6) is 0 Å². The highest BCUT2D eigenvalue weighted by Crippen LogP contribution is 2.25. The zero-order valence-electron chi connectivity index (χ0n) is 17.1. The number of para-hydroxylation sites is 1. The lowest BCUT2D eigenvalue weighted by atomic mass is 9.96. The predicted octanol–water partition coefficient (Wildman–Crippen LogP) is 3.78.